The Kier molecular flexibility index (Phi) is 1.96. The zero-order valence-corrected chi connectivity index (χ0v) is 7.31. The summed E-state index contributed by atoms with van der Waals surface area (Å²) in [6.45, 7) is 0. The van der Waals surface area contributed by atoms with Crippen molar-refractivity contribution in [2.45, 2.75) is 25.3 Å². The van der Waals surface area contributed by atoms with Gasteiger partial charge in [0.2, 0.25) is 0 Å². The number of rotatable bonds is 2. The predicted molar refractivity (Wildman–Crippen MR) is 48.6 cm³/mol. The highest BCUT2D eigenvalue weighted by Gasteiger charge is 2.25. The van der Waals surface area contributed by atoms with E-state index in [2.05, 4.69) is 17.5 Å². The second kappa shape index (κ2) is 2.95. The second-order valence-electron chi connectivity index (χ2n) is 3.23. The molecule has 60 valence electrons. The first-order valence-electron chi connectivity index (χ1n) is 4.17. The summed E-state index contributed by atoms with van der Waals surface area (Å²) in [7, 11) is 0. The smallest absolute Gasteiger partial charge is 0.0418 e. The highest BCUT2D eigenvalue weighted by molar-refractivity contribution is 7.10. The number of nitrogens with two attached hydrogens (primary N) is 1. The molecule has 1 nitrogen and oxygen atoms in total. The highest BCUT2D eigenvalue weighted by atomic mass is 32.1. The van der Waals surface area contributed by atoms with Gasteiger partial charge in [0.1, 0.15) is 0 Å². The average Bonchev–Trinajstić information content (AvgIpc) is 2.32. The van der Waals surface area contributed by atoms with Crippen LogP contribution in [0.5, 0.6) is 0 Å². The Hall–Kier alpha value is -0.340. The van der Waals surface area contributed by atoms with E-state index < -0.39 is 0 Å². The van der Waals surface area contributed by atoms with Crippen molar-refractivity contribution in [3.63, 3.8) is 0 Å². The lowest BCUT2D eigenvalue weighted by Crippen LogP contribution is -2.25. The summed E-state index contributed by atoms with van der Waals surface area (Å²) in [5, 5.41) is 2.11. The summed E-state index contributed by atoms with van der Waals surface area (Å²) >= 11 is 1.78. The van der Waals surface area contributed by atoms with Gasteiger partial charge in [-0.05, 0) is 30.2 Å². The summed E-state index contributed by atoms with van der Waals surface area (Å²) in [5.74, 6) is 0.772. The molecule has 0 saturated heterocycles. The zero-order valence-electron chi connectivity index (χ0n) is 6.49. The summed E-state index contributed by atoms with van der Waals surface area (Å²) in [4.78, 5) is 1.36. The van der Waals surface area contributed by atoms with Gasteiger partial charge in [-0.3, -0.25) is 0 Å². The Labute approximate surface area is 71.2 Å². The predicted octanol–water partition coefficient (Wildman–Crippen LogP) is 2.55. The molecule has 0 bridgehead atoms. The van der Waals surface area contributed by atoms with Crippen LogP contribution in [0.15, 0.2) is 17.5 Å². The lowest BCUT2D eigenvalue weighted by atomic mass is 9.79. The van der Waals surface area contributed by atoms with Gasteiger partial charge in [-0.25, -0.2) is 0 Å². The van der Waals surface area contributed by atoms with Gasteiger partial charge in [0.25, 0.3) is 0 Å². The molecule has 1 aliphatic rings. The molecule has 1 aromatic heterocycles. The molecule has 1 atom stereocenters. The molecule has 11 heavy (non-hydrogen) atoms. The van der Waals surface area contributed by atoms with E-state index in [4.69, 9.17) is 5.73 Å². The van der Waals surface area contributed by atoms with E-state index in [-0.39, 0.29) is 0 Å². The molecule has 1 saturated carbocycles. The fraction of sp³-hybridized carbons (Fsp3) is 0.556. The molecule has 0 spiro atoms. The first kappa shape index (κ1) is 7.32. The Morgan fingerprint density at radius 3 is 2.82 bits per heavy atom. The molecule has 0 radical (unpaired) electrons. The van der Waals surface area contributed by atoms with Gasteiger partial charge in [0.15, 0.2) is 0 Å². The van der Waals surface area contributed by atoms with Crippen LogP contribution in [0.4, 0.5) is 0 Å². The van der Waals surface area contributed by atoms with Crippen LogP contribution in [0.2, 0.25) is 0 Å². The second-order valence-corrected chi connectivity index (χ2v) is 4.21. The Morgan fingerprint density at radius 1 is 1.55 bits per heavy atom. The Balaban J connectivity index is 2.04. The molecule has 0 aromatic carbocycles. The molecule has 1 aromatic rings. The maximum absolute atomic E-state index is 6.06. The van der Waals surface area contributed by atoms with Crippen LogP contribution in [0.1, 0.15) is 30.2 Å². The molecular formula is C9H13NS. The SMILES string of the molecule is N[C@H](c1cccs1)C1CCC1. The van der Waals surface area contributed by atoms with E-state index in [0.717, 1.165) is 5.92 Å². The fourth-order valence-electron chi connectivity index (χ4n) is 1.51. The van der Waals surface area contributed by atoms with Gasteiger partial charge in [-0.15, -0.1) is 11.3 Å². The van der Waals surface area contributed by atoms with Gasteiger partial charge in [-0.2, -0.15) is 0 Å². The normalized spacial score (nSPS) is 21.2. The number of hydrogen-bond acceptors (Lipinski definition) is 2. The lowest BCUT2D eigenvalue weighted by molar-refractivity contribution is 0.267. The number of thiophene rings is 1. The van der Waals surface area contributed by atoms with Crippen molar-refractivity contribution in [2.75, 3.05) is 0 Å². The minimum atomic E-state index is 0.323. The Bertz CT molecular complexity index is 213. The Morgan fingerprint density at radius 2 is 2.36 bits per heavy atom. The van der Waals surface area contributed by atoms with Crippen LogP contribution in [-0.2, 0) is 0 Å². The van der Waals surface area contributed by atoms with Gasteiger partial charge >= 0.3 is 0 Å². The van der Waals surface area contributed by atoms with Crippen molar-refractivity contribution in [1.82, 2.24) is 0 Å². The van der Waals surface area contributed by atoms with Crippen molar-refractivity contribution >= 4 is 11.3 Å². The topological polar surface area (TPSA) is 26.0 Å². The third-order valence-corrected chi connectivity index (χ3v) is 3.50. The maximum atomic E-state index is 6.06. The van der Waals surface area contributed by atoms with Crippen LogP contribution < -0.4 is 5.73 Å². The first-order chi connectivity index (χ1) is 5.38. The van der Waals surface area contributed by atoms with Crippen LogP contribution in [0.3, 0.4) is 0 Å². The van der Waals surface area contributed by atoms with Gasteiger partial charge in [-0.1, -0.05) is 12.5 Å². The molecule has 2 rings (SSSR count). The van der Waals surface area contributed by atoms with Crippen molar-refractivity contribution in [3.05, 3.63) is 22.4 Å². The molecule has 2 heteroatoms. The molecule has 0 amide bonds. The van der Waals surface area contributed by atoms with E-state index in [1.807, 2.05) is 0 Å². The van der Waals surface area contributed by atoms with Crippen molar-refractivity contribution in [3.8, 4) is 0 Å². The van der Waals surface area contributed by atoms with Gasteiger partial charge < -0.3 is 5.73 Å². The molecule has 1 heterocycles. The molecule has 0 unspecified atom stereocenters. The third kappa shape index (κ3) is 1.33. The largest absolute Gasteiger partial charge is 0.323 e. The van der Waals surface area contributed by atoms with E-state index in [1.54, 1.807) is 11.3 Å². The van der Waals surface area contributed by atoms with Crippen LogP contribution in [-0.4, -0.2) is 0 Å². The zero-order chi connectivity index (χ0) is 7.68. The minimum absolute atomic E-state index is 0.323. The monoisotopic (exact) mass is 167 g/mol. The van der Waals surface area contributed by atoms with Gasteiger partial charge in [0, 0.05) is 10.9 Å². The standard InChI is InChI=1S/C9H13NS/c10-9(7-3-1-4-7)8-5-2-6-11-8/h2,5-7,9H,1,3-4,10H2/t9-/m0/s1. The lowest BCUT2D eigenvalue weighted by Gasteiger charge is -2.30. The molecule has 0 aliphatic heterocycles. The quantitative estimate of drug-likeness (QED) is 0.719. The van der Waals surface area contributed by atoms with Crippen LogP contribution in [0, 0.1) is 5.92 Å². The van der Waals surface area contributed by atoms with Crippen LogP contribution >= 0.6 is 11.3 Å². The average molecular weight is 167 g/mol. The maximum Gasteiger partial charge on any atom is 0.0418 e. The van der Waals surface area contributed by atoms with E-state index in [9.17, 15) is 0 Å². The summed E-state index contributed by atoms with van der Waals surface area (Å²) in [6, 6.07) is 4.55. The van der Waals surface area contributed by atoms with Gasteiger partial charge in [0.05, 0.1) is 0 Å². The fourth-order valence-corrected chi connectivity index (χ4v) is 2.33. The molecule has 1 fully saturated rings. The van der Waals surface area contributed by atoms with Crippen molar-refractivity contribution in [2.24, 2.45) is 11.7 Å². The summed E-state index contributed by atoms with van der Waals surface area (Å²) in [5.41, 5.74) is 6.06. The summed E-state index contributed by atoms with van der Waals surface area (Å²) < 4.78 is 0. The molecule has 1 aliphatic carbocycles. The first-order valence-corrected chi connectivity index (χ1v) is 5.05. The number of hydrogen-bond donors (Lipinski definition) is 1. The highest BCUT2D eigenvalue weighted by Crippen LogP contribution is 2.37. The van der Waals surface area contributed by atoms with Crippen LogP contribution in [0.25, 0.3) is 0 Å². The molecule has 2 N–H and O–H groups in total. The van der Waals surface area contributed by atoms with E-state index in [0.29, 0.717) is 6.04 Å². The third-order valence-electron chi connectivity index (χ3n) is 2.53. The van der Waals surface area contributed by atoms with E-state index in [1.165, 1.54) is 24.1 Å². The summed E-state index contributed by atoms with van der Waals surface area (Å²) in [6.07, 6.45) is 4.04. The van der Waals surface area contributed by atoms with Crippen molar-refractivity contribution < 1.29 is 0 Å². The molecular weight excluding hydrogens is 154 g/mol. The van der Waals surface area contributed by atoms with E-state index >= 15 is 0 Å². The minimum Gasteiger partial charge on any atom is -0.323 e. The van der Waals surface area contributed by atoms with Crippen molar-refractivity contribution in [1.29, 1.82) is 0 Å².